The molecule has 0 unspecified atom stereocenters. The molecule has 2 N–H and O–H groups in total. The van der Waals surface area contributed by atoms with E-state index in [4.69, 9.17) is 0 Å². The lowest BCUT2D eigenvalue weighted by molar-refractivity contribution is -0.117. The van der Waals surface area contributed by atoms with E-state index in [1.165, 1.54) is 16.8 Å². The number of hydrogen-bond donors (Lipinski definition) is 2. The van der Waals surface area contributed by atoms with Crippen molar-refractivity contribution in [3.8, 4) is 11.1 Å². The van der Waals surface area contributed by atoms with Gasteiger partial charge in [0.25, 0.3) is 5.56 Å². The molecule has 1 aromatic carbocycles. The lowest BCUT2D eigenvalue weighted by Crippen LogP contribution is -2.36. The molecule has 0 saturated heterocycles. The van der Waals surface area contributed by atoms with Gasteiger partial charge >= 0.3 is 0 Å². The second-order valence-electron chi connectivity index (χ2n) is 11.6. The van der Waals surface area contributed by atoms with Crippen molar-refractivity contribution in [2.45, 2.75) is 71.0 Å². The Kier molecular flexibility index (Phi) is 7.60. The number of carbonyl (C=O) groups excluding carboxylic acids is 1. The molecule has 0 radical (unpaired) electrons. The lowest BCUT2D eigenvalue weighted by Gasteiger charge is -2.33. The van der Waals surface area contributed by atoms with Crippen LogP contribution in [0, 0.1) is 29.3 Å². The first-order valence-corrected chi connectivity index (χ1v) is 13.8. The van der Waals surface area contributed by atoms with E-state index in [2.05, 4.69) is 39.6 Å². The Morgan fingerprint density at radius 1 is 1.07 bits per heavy atom. The van der Waals surface area contributed by atoms with E-state index in [1.807, 2.05) is 6.92 Å². The Hall–Kier alpha value is -3.47. The summed E-state index contributed by atoms with van der Waals surface area (Å²) in [6, 6.07) is 2.46. The van der Waals surface area contributed by atoms with Gasteiger partial charge in [0.15, 0.2) is 17.5 Å². The summed E-state index contributed by atoms with van der Waals surface area (Å²) in [5.74, 6) is -4.54. The molecule has 5 rings (SSSR count). The van der Waals surface area contributed by atoms with Crippen LogP contribution in [0.2, 0.25) is 0 Å². The highest BCUT2D eigenvalue weighted by Crippen LogP contribution is 2.39. The summed E-state index contributed by atoms with van der Waals surface area (Å²) < 4.78 is 46.7. The van der Waals surface area contributed by atoms with Crippen molar-refractivity contribution in [3.63, 3.8) is 0 Å². The first kappa shape index (κ1) is 28.1. The molecule has 2 aliphatic carbocycles. The molecule has 2 heterocycles. The molecule has 2 saturated carbocycles. The predicted octanol–water partition coefficient (Wildman–Crippen LogP) is 5.34. The maximum absolute atomic E-state index is 15.3. The fourth-order valence-electron chi connectivity index (χ4n) is 5.59. The minimum Gasteiger partial charge on any atom is -0.351 e. The first-order chi connectivity index (χ1) is 19.0. The highest BCUT2D eigenvalue weighted by atomic mass is 19.2. The van der Waals surface area contributed by atoms with E-state index in [0.29, 0.717) is 29.4 Å². The minimum atomic E-state index is -1.55. The maximum atomic E-state index is 15.3. The zero-order valence-corrected chi connectivity index (χ0v) is 23.4. The number of aromatic nitrogens is 3. The average Bonchev–Trinajstić information content (AvgIpc) is 3.65. The molecule has 0 bridgehead atoms. The monoisotopic (exact) mass is 556 g/mol. The van der Waals surface area contributed by atoms with Gasteiger partial charge in [-0.3, -0.25) is 14.2 Å². The fourth-order valence-corrected chi connectivity index (χ4v) is 5.59. The summed E-state index contributed by atoms with van der Waals surface area (Å²) in [6.07, 6.45) is 6.17. The summed E-state index contributed by atoms with van der Waals surface area (Å²) >= 11 is 0. The van der Waals surface area contributed by atoms with Crippen LogP contribution >= 0.6 is 0 Å². The Morgan fingerprint density at radius 2 is 1.75 bits per heavy atom. The highest BCUT2D eigenvalue weighted by Gasteiger charge is 2.40. The molecule has 2 atom stereocenters. The molecule has 2 aromatic heterocycles. The standard InChI is InChI=1S/C29H35F3N6O2/c1-14(2)38-26-16(13-33-29(36-26)34-17-6-8-18(9-7-17)37(4)5)11-21(28(38)40)20-12-22(30)25(24(32)23(20)31)35-27(39)19-10-15(19)3/h11-15,17-19H,6-10H2,1-5H3,(H,35,39)(H,33,34,36)/t15-,17?,18?,19-/m1/s1. The maximum Gasteiger partial charge on any atom is 0.260 e. The van der Waals surface area contributed by atoms with Crippen molar-refractivity contribution < 1.29 is 18.0 Å². The van der Waals surface area contributed by atoms with E-state index in [1.54, 1.807) is 13.8 Å². The van der Waals surface area contributed by atoms with Crippen LogP contribution in [0.5, 0.6) is 0 Å². The van der Waals surface area contributed by atoms with Gasteiger partial charge in [0.05, 0.1) is 5.56 Å². The van der Waals surface area contributed by atoms with Crippen LogP contribution in [0.25, 0.3) is 22.2 Å². The van der Waals surface area contributed by atoms with Crippen molar-refractivity contribution >= 4 is 28.6 Å². The van der Waals surface area contributed by atoms with E-state index in [0.717, 1.165) is 31.7 Å². The Labute approximate surface area is 231 Å². The van der Waals surface area contributed by atoms with Crippen LogP contribution in [-0.2, 0) is 4.79 Å². The topological polar surface area (TPSA) is 92.1 Å². The molecule has 1 amide bonds. The third-order valence-corrected chi connectivity index (χ3v) is 8.19. The van der Waals surface area contributed by atoms with Crippen molar-refractivity contribution in [1.29, 1.82) is 0 Å². The van der Waals surface area contributed by atoms with Crippen LogP contribution in [-0.4, -0.2) is 51.5 Å². The normalized spacial score (nSPS) is 22.6. The van der Waals surface area contributed by atoms with Crippen molar-refractivity contribution in [3.05, 3.63) is 46.1 Å². The molecular weight excluding hydrogens is 521 g/mol. The summed E-state index contributed by atoms with van der Waals surface area (Å²) in [5.41, 5.74) is -1.91. The van der Waals surface area contributed by atoms with Gasteiger partial charge < -0.3 is 15.5 Å². The molecule has 8 nitrogen and oxygen atoms in total. The molecule has 214 valence electrons. The number of nitrogens with one attached hydrogen (secondary N) is 2. The predicted molar refractivity (Wildman–Crippen MR) is 149 cm³/mol. The van der Waals surface area contributed by atoms with Gasteiger partial charge in [-0.05, 0) is 78.1 Å². The van der Waals surface area contributed by atoms with Gasteiger partial charge in [-0.25, -0.2) is 18.2 Å². The molecule has 0 spiro atoms. The molecule has 2 fully saturated rings. The quantitative estimate of drug-likeness (QED) is 0.382. The van der Waals surface area contributed by atoms with Gasteiger partial charge in [0, 0.05) is 41.2 Å². The van der Waals surface area contributed by atoms with Gasteiger partial charge in [0.2, 0.25) is 11.9 Å². The zero-order valence-electron chi connectivity index (χ0n) is 23.4. The van der Waals surface area contributed by atoms with Crippen LogP contribution in [0.1, 0.15) is 58.9 Å². The highest BCUT2D eigenvalue weighted by molar-refractivity contribution is 5.95. The number of benzene rings is 1. The average molecular weight is 557 g/mol. The number of amides is 1. The molecule has 40 heavy (non-hydrogen) atoms. The fraction of sp³-hybridized carbons (Fsp3) is 0.517. The van der Waals surface area contributed by atoms with E-state index < -0.39 is 40.2 Å². The van der Waals surface area contributed by atoms with Crippen LogP contribution < -0.4 is 16.2 Å². The van der Waals surface area contributed by atoms with Crippen molar-refractivity contribution in [1.82, 2.24) is 19.4 Å². The Balaban J connectivity index is 1.49. The smallest absolute Gasteiger partial charge is 0.260 e. The van der Waals surface area contributed by atoms with Crippen molar-refractivity contribution in [2.75, 3.05) is 24.7 Å². The number of hydrogen-bond acceptors (Lipinski definition) is 6. The van der Waals surface area contributed by atoms with Gasteiger partial charge in [-0.15, -0.1) is 0 Å². The van der Waals surface area contributed by atoms with Crippen LogP contribution in [0.15, 0.2) is 23.1 Å². The summed E-state index contributed by atoms with van der Waals surface area (Å²) in [4.78, 5) is 37.1. The molecular formula is C29H35F3N6O2. The Bertz CT molecular complexity index is 1510. The third kappa shape index (κ3) is 5.31. The molecule has 0 aliphatic heterocycles. The third-order valence-electron chi connectivity index (χ3n) is 8.19. The number of anilines is 2. The van der Waals surface area contributed by atoms with Crippen molar-refractivity contribution in [2.24, 2.45) is 11.8 Å². The van der Waals surface area contributed by atoms with E-state index >= 15 is 13.2 Å². The molecule has 2 aliphatic rings. The summed E-state index contributed by atoms with van der Waals surface area (Å²) in [6.45, 7) is 5.40. The zero-order chi connectivity index (χ0) is 28.9. The second-order valence-corrected chi connectivity index (χ2v) is 11.6. The molecule has 3 aromatic rings. The van der Waals surface area contributed by atoms with Gasteiger partial charge in [-0.1, -0.05) is 6.92 Å². The SMILES string of the molecule is CC(C)n1c(=O)c(-c2cc(F)c(NC(=O)[C@@H]3C[C@H]3C)c(F)c2F)cc2cnc(NC3CCC(N(C)C)CC3)nc21. The largest absolute Gasteiger partial charge is 0.351 e. The Morgan fingerprint density at radius 3 is 2.35 bits per heavy atom. The van der Waals surface area contributed by atoms with Crippen LogP contribution in [0.4, 0.5) is 24.8 Å². The number of nitrogens with zero attached hydrogens (tertiary/aromatic N) is 4. The van der Waals surface area contributed by atoms with E-state index in [-0.39, 0.29) is 29.5 Å². The minimum absolute atomic E-state index is 0.110. The first-order valence-electron chi connectivity index (χ1n) is 13.8. The molecule has 11 heteroatoms. The van der Waals surface area contributed by atoms with Crippen LogP contribution in [0.3, 0.4) is 0 Å². The lowest BCUT2D eigenvalue weighted by atomic mass is 9.91. The van der Waals surface area contributed by atoms with E-state index in [9.17, 15) is 9.59 Å². The number of halogens is 3. The summed E-state index contributed by atoms with van der Waals surface area (Å²) in [7, 11) is 4.17. The second kappa shape index (κ2) is 10.8. The van der Waals surface area contributed by atoms with Gasteiger partial charge in [-0.2, -0.15) is 4.98 Å². The number of pyridine rings is 1. The number of fused-ring (bicyclic) bond motifs is 1. The summed E-state index contributed by atoms with van der Waals surface area (Å²) in [5, 5.41) is 5.97. The number of rotatable bonds is 7. The number of carbonyl (C=O) groups is 1. The van der Waals surface area contributed by atoms with Gasteiger partial charge in [0.1, 0.15) is 11.3 Å².